The second-order valence-electron chi connectivity index (χ2n) is 8.87. The van der Waals surface area contributed by atoms with Crippen molar-refractivity contribution in [2.45, 2.75) is 0 Å². The smallest absolute Gasteiger partial charge is 0.247 e. The summed E-state index contributed by atoms with van der Waals surface area (Å²) in [5.41, 5.74) is 3.59. The molecular weight excluding hydrogens is 482 g/mol. The Bertz CT molecular complexity index is 1450. The van der Waals surface area contributed by atoms with Crippen molar-refractivity contribution < 1.29 is 9.53 Å². The van der Waals surface area contributed by atoms with Gasteiger partial charge in [0.05, 0.1) is 29.7 Å². The van der Waals surface area contributed by atoms with Crippen LogP contribution in [0.5, 0.6) is 5.75 Å². The van der Waals surface area contributed by atoms with Crippen molar-refractivity contribution in [1.29, 1.82) is 0 Å². The van der Waals surface area contributed by atoms with Crippen LogP contribution in [0.1, 0.15) is 0 Å². The van der Waals surface area contributed by atoms with Gasteiger partial charge < -0.3 is 30.5 Å². The first-order chi connectivity index (χ1) is 18.3. The summed E-state index contributed by atoms with van der Waals surface area (Å²) in [6.45, 7) is 5.16. The van der Waals surface area contributed by atoms with E-state index in [0.29, 0.717) is 34.6 Å². The molecule has 4 aromatic rings. The van der Waals surface area contributed by atoms with E-state index in [0.717, 1.165) is 30.1 Å². The molecule has 0 aliphatic rings. The number of imidazole rings is 1. The average Bonchev–Trinajstić information content (AvgIpc) is 3.31. The van der Waals surface area contributed by atoms with Gasteiger partial charge in [-0.25, -0.2) is 15.0 Å². The van der Waals surface area contributed by atoms with Crippen molar-refractivity contribution in [3.63, 3.8) is 0 Å². The third-order valence-electron chi connectivity index (χ3n) is 5.97. The summed E-state index contributed by atoms with van der Waals surface area (Å²) in [7, 11) is 9.43. The number of carbonyl (C=O) groups is 1. The summed E-state index contributed by atoms with van der Waals surface area (Å²) in [5.74, 6) is 2.06. The molecule has 0 radical (unpaired) electrons. The summed E-state index contributed by atoms with van der Waals surface area (Å²) in [6, 6.07) is 11.4. The van der Waals surface area contributed by atoms with Gasteiger partial charge in [-0.1, -0.05) is 12.6 Å². The Balaban J connectivity index is 1.71. The van der Waals surface area contributed by atoms with Crippen molar-refractivity contribution in [2.24, 2.45) is 0 Å². The second kappa shape index (κ2) is 11.6. The lowest BCUT2D eigenvalue weighted by molar-refractivity contribution is -0.111. The van der Waals surface area contributed by atoms with Crippen molar-refractivity contribution in [3.05, 3.63) is 61.4 Å². The number of ether oxygens (including phenoxy) is 1. The number of likely N-dealkylation sites (N-methyl/N-ethyl adjacent to an activating group) is 2. The molecule has 4 rings (SSSR count). The molecule has 0 saturated carbocycles. The minimum atomic E-state index is -0.312. The third kappa shape index (κ3) is 5.68. The molecule has 1 amide bonds. The molecule has 11 nitrogen and oxygen atoms in total. The van der Waals surface area contributed by atoms with E-state index in [2.05, 4.69) is 37.3 Å². The van der Waals surface area contributed by atoms with Crippen molar-refractivity contribution in [3.8, 4) is 17.3 Å². The zero-order valence-corrected chi connectivity index (χ0v) is 22.3. The fourth-order valence-electron chi connectivity index (χ4n) is 3.97. The topological polar surface area (TPSA) is 112 Å². The fourth-order valence-corrected chi connectivity index (χ4v) is 3.97. The number of fused-ring (bicyclic) bond motifs is 1. The molecule has 3 N–H and O–H groups in total. The molecule has 11 heteroatoms. The van der Waals surface area contributed by atoms with Gasteiger partial charge in [0.1, 0.15) is 11.4 Å². The van der Waals surface area contributed by atoms with E-state index in [4.69, 9.17) is 14.7 Å². The van der Waals surface area contributed by atoms with Gasteiger partial charge in [-0.2, -0.15) is 0 Å². The first kappa shape index (κ1) is 26.4. The molecule has 1 aromatic carbocycles. The molecule has 0 aliphatic carbocycles. The maximum Gasteiger partial charge on any atom is 0.247 e. The fraction of sp³-hybridized carbons (Fsp3) is 0.259. The maximum absolute atomic E-state index is 12.2. The van der Waals surface area contributed by atoms with Gasteiger partial charge in [0.15, 0.2) is 11.6 Å². The van der Waals surface area contributed by atoms with Crippen LogP contribution < -0.4 is 25.6 Å². The van der Waals surface area contributed by atoms with Gasteiger partial charge in [0, 0.05) is 45.6 Å². The predicted molar refractivity (Wildman–Crippen MR) is 153 cm³/mol. The molecule has 3 heterocycles. The number of hydrogen-bond donors (Lipinski definition) is 3. The third-order valence-corrected chi connectivity index (χ3v) is 5.97. The minimum absolute atomic E-state index is 0.312. The molecule has 0 aliphatic heterocycles. The first-order valence-corrected chi connectivity index (χ1v) is 12.1. The van der Waals surface area contributed by atoms with Gasteiger partial charge in [-0.05, 0) is 44.4 Å². The number of methoxy groups -OCH3 is 1. The Kier molecular flexibility index (Phi) is 8.07. The van der Waals surface area contributed by atoms with Crippen LogP contribution in [0.15, 0.2) is 61.4 Å². The Hall–Kier alpha value is -4.64. The molecule has 0 saturated heterocycles. The molecular formula is C27H33N9O2. The number of aromatic nitrogens is 4. The second-order valence-corrected chi connectivity index (χ2v) is 8.87. The highest BCUT2D eigenvalue weighted by atomic mass is 16.5. The lowest BCUT2D eigenvalue weighted by Gasteiger charge is -2.26. The van der Waals surface area contributed by atoms with E-state index in [-0.39, 0.29) is 5.91 Å². The number of nitrogens with one attached hydrogen (secondary N) is 3. The number of benzene rings is 1. The molecule has 3 aromatic heterocycles. The molecule has 198 valence electrons. The molecule has 0 bridgehead atoms. The van der Waals surface area contributed by atoms with Crippen LogP contribution >= 0.6 is 0 Å². The number of pyridine rings is 1. The summed E-state index contributed by atoms with van der Waals surface area (Å²) in [4.78, 5) is 30.2. The number of carbonyl (C=O) groups excluding carboxylic acids is 1. The van der Waals surface area contributed by atoms with Gasteiger partial charge in [-0.3, -0.25) is 9.20 Å². The Morgan fingerprint density at radius 1 is 1.13 bits per heavy atom. The van der Waals surface area contributed by atoms with E-state index in [1.807, 2.05) is 75.2 Å². The van der Waals surface area contributed by atoms with Crippen LogP contribution in [0.4, 0.5) is 28.8 Å². The lowest BCUT2D eigenvalue weighted by Crippen LogP contribution is -2.29. The van der Waals surface area contributed by atoms with E-state index in [1.54, 1.807) is 13.3 Å². The highest BCUT2D eigenvalue weighted by Gasteiger charge is 2.18. The quantitative estimate of drug-likeness (QED) is 0.257. The first-order valence-electron chi connectivity index (χ1n) is 12.1. The zero-order valence-electron chi connectivity index (χ0n) is 22.3. The molecule has 0 atom stereocenters. The normalized spacial score (nSPS) is 10.9. The van der Waals surface area contributed by atoms with Gasteiger partial charge in [0.25, 0.3) is 0 Å². The van der Waals surface area contributed by atoms with E-state index < -0.39 is 0 Å². The SMILES string of the molecule is C=CC(=O)Nc1cc(Nc2nccc(-c3nc(NC)c4ccccn34)n2)c(OC)cc1N(C)CCN(C)C. The summed E-state index contributed by atoms with van der Waals surface area (Å²) < 4.78 is 7.67. The average molecular weight is 516 g/mol. The van der Waals surface area contributed by atoms with Gasteiger partial charge in [0.2, 0.25) is 11.9 Å². The number of hydrogen-bond acceptors (Lipinski definition) is 9. The summed E-state index contributed by atoms with van der Waals surface area (Å²) in [6.07, 6.45) is 4.85. The summed E-state index contributed by atoms with van der Waals surface area (Å²) in [5, 5.41) is 9.28. The number of amides is 1. The van der Waals surface area contributed by atoms with Crippen molar-refractivity contribution >= 4 is 40.3 Å². The van der Waals surface area contributed by atoms with Crippen LogP contribution in [0.3, 0.4) is 0 Å². The van der Waals surface area contributed by atoms with Crippen LogP contribution in [0.2, 0.25) is 0 Å². The Morgan fingerprint density at radius 2 is 1.95 bits per heavy atom. The monoisotopic (exact) mass is 515 g/mol. The highest BCUT2D eigenvalue weighted by molar-refractivity contribution is 6.02. The number of nitrogens with zero attached hydrogens (tertiary/aromatic N) is 6. The molecule has 0 fully saturated rings. The molecule has 0 spiro atoms. The van der Waals surface area contributed by atoms with E-state index in [9.17, 15) is 4.79 Å². The van der Waals surface area contributed by atoms with E-state index >= 15 is 0 Å². The van der Waals surface area contributed by atoms with Crippen LogP contribution in [-0.4, -0.2) is 78.5 Å². The van der Waals surface area contributed by atoms with Crippen LogP contribution in [-0.2, 0) is 4.79 Å². The Morgan fingerprint density at radius 3 is 2.66 bits per heavy atom. The maximum atomic E-state index is 12.2. The minimum Gasteiger partial charge on any atom is -0.494 e. The van der Waals surface area contributed by atoms with Crippen LogP contribution in [0.25, 0.3) is 17.0 Å². The molecule has 38 heavy (non-hydrogen) atoms. The van der Waals surface area contributed by atoms with Gasteiger partial charge in [-0.15, -0.1) is 0 Å². The highest BCUT2D eigenvalue weighted by Crippen LogP contribution is 2.38. The lowest BCUT2D eigenvalue weighted by atomic mass is 10.2. The van der Waals surface area contributed by atoms with Crippen LogP contribution in [0, 0.1) is 0 Å². The van der Waals surface area contributed by atoms with Gasteiger partial charge >= 0.3 is 0 Å². The molecule has 0 unspecified atom stereocenters. The summed E-state index contributed by atoms with van der Waals surface area (Å²) >= 11 is 0. The number of anilines is 5. The zero-order chi connectivity index (χ0) is 27.2. The van der Waals surface area contributed by atoms with Crippen molar-refractivity contribution in [2.75, 3.05) is 69.2 Å². The standard InChI is InChI=1S/C27H33N9O2/c1-7-24(37)30-19-16-20(23(38-6)17-22(19)35(5)15-14-34(3)4)32-27-29-12-11-18(31-27)26-33-25(28-2)21-10-8-9-13-36(21)26/h7-13,16-17,28H,1,14-15H2,2-6H3,(H,30,37)(H,29,31,32). The largest absolute Gasteiger partial charge is 0.494 e. The van der Waals surface area contributed by atoms with Crippen molar-refractivity contribution in [1.82, 2.24) is 24.3 Å². The van der Waals surface area contributed by atoms with E-state index in [1.165, 1.54) is 6.08 Å². The Labute approximate surface area is 222 Å². The predicted octanol–water partition coefficient (Wildman–Crippen LogP) is 3.71. The number of rotatable bonds is 11.